The lowest BCUT2D eigenvalue weighted by Gasteiger charge is -2.40. The number of hydrogen-bond acceptors (Lipinski definition) is 4. The van der Waals surface area contributed by atoms with Gasteiger partial charge in [-0.2, -0.15) is 0 Å². The highest BCUT2D eigenvalue weighted by Gasteiger charge is 2.38. The smallest absolute Gasteiger partial charge is 0.305 e. The van der Waals surface area contributed by atoms with Gasteiger partial charge in [0, 0.05) is 12.4 Å². The molecule has 1 aliphatic rings. The van der Waals surface area contributed by atoms with Crippen LogP contribution in [0.2, 0.25) is 0 Å². The number of carbonyl (C=O) groups is 1. The van der Waals surface area contributed by atoms with Gasteiger partial charge in [0.15, 0.2) is 0 Å². The van der Waals surface area contributed by atoms with E-state index in [2.05, 4.69) is 14.9 Å². The zero-order valence-electron chi connectivity index (χ0n) is 12.3. The van der Waals surface area contributed by atoms with E-state index in [4.69, 9.17) is 0 Å². The highest BCUT2D eigenvalue weighted by molar-refractivity contribution is 5.68. The molecule has 1 N–H and O–H groups in total. The minimum Gasteiger partial charge on any atom is -0.481 e. The van der Waals surface area contributed by atoms with Crippen molar-refractivity contribution < 1.29 is 9.90 Å². The summed E-state index contributed by atoms with van der Waals surface area (Å²) in [6, 6.07) is 0. The van der Waals surface area contributed by atoms with E-state index in [1.54, 1.807) is 12.4 Å². The molecule has 1 aromatic heterocycles. The van der Waals surface area contributed by atoms with E-state index in [1.807, 2.05) is 13.8 Å². The summed E-state index contributed by atoms with van der Waals surface area (Å²) >= 11 is 0. The van der Waals surface area contributed by atoms with Crippen LogP contribution in [0.4, 0.5) is 0 Å². The van der Waals surface area contributed by atoms with E-state index >= 15 is 0 Å². The van der Waals surface area contributed by atoms with Gasteiger partial charge in [-0.25, -0.2) is 0 Å². The van der Waals surface area contributed by atoms with Gasteiger partial charge < -0.3 is 5.11 Å². The molecule has 20 heavy (non-hydrogen) atoms. The van der Waals surface area contributed by atoms with E-state index in [1.165, 1.54) is 12.8 Å². The lowest BCUT2D eigenvalue weighted by molar-refractivity contribution is -0.140. The maximum atomic E-state index is 11.4. The van der Waals surface area contributed by atoms with E-state index in [9.17, 15) is 9.90 Å². The Morgan fingerprint density at radius 2 is 1.85 bits per heavy atom. The van der Waals surface area contributed by atoms with Crippen molar-refractivity contribution in [3.05, 3.63) is 23.8 Å². The fourth-order valence-electron chi connectivity index (χ4n) is 3.14. The molecule has 5 nitrogen and oxygen atoms in total. The van der Waals surface area contributed by atoms with Gasteiger partial charge >= 0.3 is 5.97 Å². The van der Waals surface area contributed by atoms with Crippen LogP contribution in [0.15, 0.2) is 12.4 Å². The Kier molecular flexibility index (Phi) is 4.70. The molecule has 5 heteroatoms. The van der Waals surface area contributed by atoms with E-state index in [-0.39, 0.29) is 6.42 Å². The molecule has 1 aromatic rings. The molecule has 0 bridgehead atoms. The first kappa shape index (κ1) is 14.9. The minimum atomic E-state index is -0.790. The average Bonchev–Trinajstić information content (AvgIpc) is 2.67. The van der Waals surface area contributed by atoms with E-state index in [0.717, 1.165) is 37.3 Å². The molecule has 1 fully saturated rings. The summed E-state index contributed by atoms with van der Waals surface area (Å²) < 4.78 is 0. The molecule has 1 unspecified atom stereocenters. The van der Waals surface area contributed by atoms with E-state index < -0.39 is 11.5 Å². The fourth-order valence-corrected chi connectivity index (χ4v) is 3.14. The molecule has 2 rings (SSSR count). The van der Waals surface area contributed by atoms with Gasteiger partial charge in [0.1, 0.15) is 0 Å². The molecule has 1 atom stereocenters. The Hall–Kier alpha value is -1.49. The number of aryl methyl sites for hydroxylation is 1. The van der Waals surface area contributed by atoms with Crippen molar-refractivity contribution in [1.82, 2.24) is 14.9 Å². The average molecular weight is 277 g/mol. The SMILES string of the molecule is Cc1nccnc1C(C)(CC(=O)O)N1CCCCCC1. The van der Waals surface area contributed by atoms with Crippen LogP contribution in [0.1, 0.15) is 50.4 Å². The van der Waals surface area contributed by atoms with Crippen molar-refractivity contribution in [2.75, 3.05) is 13.1 Å². The highest BCUT2D eigenvalue weighted by atomic mass is 16.4. The van der Waals surface area contributed by atoms with Crippen LogP contribution in [0.5, 0.6) is 0 Å². The summed E-state index contributed by atoms with van der Waals surface area (Å²) in [6.45, 7) is 5.75. The molecule has 110 valence electrons. The van der Waals surface area contributed by atoms with Gasteiger partial charge in [-0.05, 0) is 39.8 Å². The normalized spacial score (nSPS) is 20.1. The molecule has 0 radical (unpaired) electrons. The maximum Gasteiger partial charge on any atom is 0.305 e. The van der Waals surface area contributed by atoms with Crippen LogP contribution in [0, 0.1) is 6.92 Å². The second-order valence-electron chi connectivity index (χ2n) is 5.74. The second kappa shape index (κ2) is 6.31. The molecule has 0 saturated carbocycles. The standard InChI is InChI=1S/C15H23N3O2/c1-12-14(17-8-7-16-12)15(2,11-13(19)20)18-9-5-3-4-6-10-18/h7-8H,3-6,9-11H2,1-2H3,(H,19,20). The van der Waals surface area contributed by atoms with Gasteiger partial charge in [0.25, 0.3) is 0 Å². The van der Waals surface area contributed by atoms with Gasteiger partial charge in [-0.1, -0.05) is 12.8 Å². The zero-order chi connectivity index (χ0) is 14.6. The number of rotatable bonds is 4. The summed E-state index contributed by atoms with van der Waals surface area (Å²) in [6.07, 6.45) is 8.05. The monoisotopic (exact) mass is 277 g/mol. The summed E-state index contributed by atoms with van der Waals surface area (Å²) in [7, 11) is 0. The Morgan fingerprint density at radius 1 is 1.25 bits per heavy atom. The van der Waals surface area contributed by atoms with Gasteiger partial charge in [0.05, 0.1) is 23.3 Å². The van der Waals surface area contributed by atoms with Crippen molar-refractivity contribution in [1.29, 1.82) is 0 Å². The van der Waals surface area contributed by atoms with Gasteiger partial charge in [0.2, 0.25) is 0 Å². The number of hydrogen-bond donors (Lipinski definition) is 1. The lowest BCUT2D eigenvalue weighted by Crippen LogP contribution is -2.47. The Labute approximate surface area is 120 Å². The Balaban J connectivity index is 2.38. The Morgan fingerprint density at radius 3 is 2.40 bits per heavy atom. The molecular formula is C15H23N3O2. The summed E-state index contributed by atoms with van der Waals surface area (Å²) in [5.74, 6) is -0.790. The van der Waals surface area contributed by atoms with Crippen molar-refractivity contribution >= 4 is 5.97 Å². The number of aromatic nitrogens is 2. The summed E-state index contributed by atoms with van der Waals surface area (Å²) in [4.78, 5) is 22.4. The van der Waals surface area contributed by atoms with Crippen molar-refractivity contribution in [3.8, 4) is 0 Å². The maximum absolute atomic E-state index is 11.4. The predicted molar refractivity (Wildman–Crippen MR) is 76.4 cm³/mol. The topological polar surface area (TPSA) is 66.3 Å². The van der Waals surface area contributed by atoms with Gasteiger partial charge in [-0.15, -0.1) is 0 Å². The number of carboxylic acids is 1. The van der Waals surface area contributed by atoms with Crippen LogP contribution >= 0.6 is 0 Å². The molecule has 1 aliphatic heterocycles. The molecule has 0 aromatic carbocycles. The lowest BCUT2D eigenvalue weighted by atomic mass is 9.89. The first-order chi connectivity index (χ1) is 9.54. The molecule has 2 heterocycles. The van der Waals surface area contributed by atoms with E-state index in [0.29, 0.717) is 0 Å². The molecule has 0 aliphatic carbocycles. The largest absolute Gasteiger partial charge is 0.481 e. The molecular weight excluding hydrogens is 254 g/mol. The number of aliphatic carboxylic acids is 1. The number of carboxylic acid groups (broad SMARTS) is 1. The molecule has 1 saturated heterocycles. The van der Waals surface area contributed by atoms with Crippen LogP contribution < -0.4 is 0 Å². The second-order valence-corrected chi connectivity index (χ2v) is 5.74. The van der Waals surface area contributed by atoms with Crippen LogP contribution in [-0.2, 0) is 10.3 Å². The summed E-state index contributed by atoms with van der Waals surface area (Å²) in [5, 5.41) is 9.33. The van der Waals surface area contributed by atoms with Gasteiger partial charge in [-0.3, -0.25) is 19.7 Å². The third-order valence-corrected chi connectivity index (χ3v) is 4.19. The van der Waals surface area contributed by atoms with Crippen LogP contribution in [0.25, 0.3) is 0 Å². The van der Waals surface area contributed by atoms with Crippen molar-refractivity contribution in [2.45, 2.75) is 51.5 Å². The first-order valence-corrected chi connectivity index (χ1v) is 7.29. The summed E-state index contributed by atoms with van der Waals surface area (Å²) in [5.41, 5.74) is 1.04. The predicted octanol–water partition coefficient (Wildman–Crippen LogP) is 2.35. The zero-order valence-corrected chi connectivity index (χ0v) is 12.3. The van der Waals surface area contributed by atoms with Crippen molar-refractivity contribution in [3.63, 3.8) is 0 Å². The quantitative estimate of drug-likeness (QED) is 0.915. The number of nitrogens with zero attached hydrogens (tertiary/aromatic N) is 3. The minimum absolute atomic E-state index is 0.0620. The molecule has 0 spiro atoms. The van der Waals surface area contributed by atoms with Crippen molar-refractivity contribution in [2.24, 2.45) is 0 Å². The highest BCUT2D eigenvalue weighted by Crippen LogP contribution is 2.33. The fraction of sp³-hybridized carbons (Fsp3) is 0.667. The third-order valence-electron chi connectivity index (χ3n) is 4.19. The first-order valence-electron chi connectivity index (χ1n) is 7.29. The van der Waals surface area contributed by atoms with Crippen LogP contribution in [0.3, 0.4) is 0 Å². The Bertz CT molecular complexity index is 470. The van der Waals surface area contributed by atoms with Crippen LogP contribution in [-0.4, -0.2) is 39.0 Å². The number of likely N-dealkylation sites (tertiary alicyclic amines) is 1. The third kappa shape index (κ3) is 3.15. The molecule has 0 amide bonds.